The summed E-state index contributed by atoms with van der Waals surface area (Å²) >= 11 is 0. The fourth-order valence-electron chi connectivity index (χ4n) is 3.35. The average molecular weight is 439 g/mol. The van der Waals surface area contributed by atoms with Crippen LogP contribution in [0.4, 0.5) is 11.4 Å². The quantitative estimate of drug-likeness (QED) is 0.625. The Balaban J connectivity index is 1.73. The van der Waals surface area contributed by atoms with Gasteiger partial charge in [0.15, 0.2) is 11.6 Å². The smallest absolute Gasteiger partial charge is 0.291 e. The number of nitrogens with zero attached hydrogens (tertiary/aromatic N) is 2. The third-order valence-electron chi connectivity index (χ3n) is 4.79. The van der Waals surface area contributed by atoms with Gasteiger partial charge < -0.3 is 19.4 Å². The molecule has 4 rings (SSSR count). The lowest BCUT2D eigenvalue weighted by atomic mass is 10.1. The van der Waals surface area contributed by atoms with Gasteiger partial charge in [0.05, 0.1) is 19.1 Å². The summed E-state index contributed by atoms with van der Waals surface area (Å²) < 4.78 is 40.4. The van der Waals surface area contributed by atoms with E-state index in [1.54, 1.807) is 49.6 Å². The zero-order valence-corrected chi connectivity index (χ0v) is 17.8. The van der Waals surface area contributed by atoms with E-state index < -0.39 is 15.9 Å². The van der Waals surface area contributed by atoms with Gasteiger partial charge in [0.25, 0.3) is 15.9 Å². The number of carbonyl (C=O) groups is 1. The Labute approximate surface area is 180 Å². The second-order valence-corrected chi connectivity index (χ2v) is 8.46. The van der Waals surface area contributed by atoms with E-state index in [1.807, 2.05) is 11.8 Å². The summed E-state index contributed by atoms with van der Waals surface area (Å²) in [7, 11) is -2.41. The van der Waals surface area contributed by atoms with Crippen LogP contribution >= 0.6 is 0 Å². The lowest BCUT2D eigenvalue weighted by Gasteiger charge is -2.31. The minimum atomic E-state index is -3.98. The first-order chi connectivity index (χ1) is 14.9. The molecule has 0 fully saturated rings. The van der Waals surface area contributed by atoms with E-state index >= 15 is 0 Å². The monoisotopic (exact) mass is 439 g/mol. The highest BCUT2D eigenvalue weighted by atomic mass is 32.2. The highest BCUT2D eigenvalue weighted by molar-refractivity contribution is 7.90. The summed E-state index contributed by atoms with van der Waals surface area (Å²) in [5.41, 5.74) is 1.51. The van der Waals surface area contributed by atoms with Crippen LogP contribution in [0.3, 0.4) is 0 Å². The molecule has 0 radical (unpaired) electrons. The molecule has 160 valence electrons. The van der Waals surface area contributed by atoms with E-state index in [2.05, 4.69) is 9.71 Å². The number of hydrogen-bond acceptors (Lipinski definition) is 6. The third-order valence-corrected chi connectivity index (χ3v) is 6.09. The molecule has 2 aromatic carbocycles. The Morgan fingerprint density at radius 2 is 1.94 bits per heavy atom. The van der Waals surface area contributed by atoms with Crippen molar-refractivity contribution in [3.8, 4) is 5.75 Å². The number of nitrogens with one attached hydrogen (secondary N) is 1. The van der Waals surface area contributed by atoms with Gasteiger partial charge in [0.1, 0.15) is 10.6 Å². The molecule has 8 nitrogen and oxygen atoms in total. The summed E-state index contributed by atoms with van der Waals surface area (Å²) in [4.78, 5) is 14.2. The van der Waals surface area contributed by atoms with Crippen LogP contribution < -0.4 is 15.0 Å². The van der Waals surface area contributed by atoms with Crippen LogP contribution in [0.2, 0.25) is 0 Å². The predicted octanol–water partition coefficient (Wildman–Crippen LogP) is 3.91. The maximum Gasteiger partial charge on any atom is 0.291 e. The lowest BCUT2D eigenvalue weighted by Crippen LogP contribution is -2.37. The Morgan fingerprint density at radius 3 is 2.58 bits per heavy atom. The van der Waals surface area contributed by atoms with Crippen LogP contribution in [-0.2, 0) is 10.0 Å². The summed E-state index contributed by atoms with van der Waals surface area (Å²) in [6, 6.07) is 15.0. The van der Waals surface area contributed by atoms with E-state index in [4.69, 9.17) is 9.15 Å². The summed E-state index contributed by atoms with van der Waals surface area (Å²) in [5.74, 6) is 0.686. The number of methoxy groups -OCH3 is 1. The number of rotatable bonds is 6. The van der Waals surface area contributed by atoms with Gasteiger partial charge in [-0.2, -0.15) is 8.42 Å². The predicted molar refractivity (Wildman–Crippen MR) is 117 cm³/mol. The fraction of sp³-hybridized carbons (Fsp3) is 0.182. The van der Waals surface area contributed by atoms with Gasteiger partial charge in [0.2, 0.25) is 0 Å². The van der Waals surface area contributed by atoms with Gasteiger partial charge in [-0.15, -0.1) is 4.40 Å². The number of furan rings is 1. The van der Waals surface area contributed by atoms with Crippen molar-refractivity contribution >= 4 is 33.1 Å². The average Bonchev–Trinajstić information content (AvgIpc) is 3.31. The number of amides is 1. The Hall–Kier alpha value is -3.59. The molecule has 0 unspecified atom stereocenters. The Kier molecular flexibility index (Phi) is 5.51. The normalized spacial score (nSPS) is 14.5. The standard InChI is InChI=1S/C22H21N3O5S/c1-3-12-25-18-11-8-16(23-22(26)19-5-4-13-30-19)14-20(18)31(27,28)24-21(25)15-6-9-17(29-2)10-7-15/h4-11,13-14H,3,12H2,1-2H3,(H,23,26). The van der Waals surface area contributed by atoms with E-state index in [1.165, 1.54) is 18.4 Å². The molecule has 1 aliphatic heterocycles. The highest BCUT2D eigenvalue weighted by Crippen LogP contribution is 2.35. The number of hydrogen-bond donors (Lipinski definition) is 1. The summed E-state index contributed by atoms with van der Waals surface area (Å²) in [6.07, 6.45) is 2.18. The number of ether oxygens (including phenoxy) is 1. The van der Waals surface area contributed by atoms with E-state index in [0.29, 0.717) is 35.1 Å². The van der Waals surface area contributed by atoms with Crippen molar-refractivity contribution in [1.29, 1.82) is 0 Å². The molecule has 0 atom stereocenters. The highest BCUT2D eigenvalue weighted by Gasteiger charge is 2.31. The molecule has 1 aromatic heterocycles. The van der Waals surface area contributed by atoms with Gasteiger partial charge >= 0.3 is 0 Å². The number of anilines is 2. The molecule has 0 saturated carbocycles. The first kappa shape index (κ1) is 20.7. The number of amidine groups is 1. The number of carbonyl (C=O) groups excluding carboxylic acids is 1. The maximum atomic E-state index is 13.0. The molecule has 1 aliphatic rings. The first-order valence-electron chi connectivity index (χ1n) is 9.69. The Morgan fingerprint density at radius 1 is 1.16 bits per heavy atom. The molecule has 1 amide bonds. The van der Waals surface area contributed by atoms with Crippen molar-refractivity contribution in [3.05, 3.63) is 72.2 Å². The van der Waals surface area contributed by atoms with Crippen molar-refractivity contribution in [2.24, 2.45) is 4.40 Å². The van der Waals surface area contributed by atoms with E-state index in [-0.39, 0.29) is 10.7 Å². The topological polar surface area (TPSA) is 101 Å². The van der Waals surface area contributed by atoms with Crippen molar-refractivity contribution in [2.45, 2.75) is 18.2 Å². The molecule has 3 aromatic rings. The minimum Gasteiger partial charge on any atom is -0.497 e. The number of sulfonamides is 1. The fourth-order valence-corrected chi connectivity index (χ4v) is 4.60. The number of fused-ring (bicyclic) bond motifs is 1. The minimum absolute atomic E-state index is 0.0375. The molecule has 2 heterocycles. The van der Waals surface area contributed by atoms with Crippen molar-refractivity contribution in [2.75, 3.05) is 23.9 Å². The van der Waals surface area contributed by atoms with Crippen LogP contribution in [0.1, 0.15) is 29.5 Å². The van der Waals surface area contributed by atoms with E-state index in [9.17, 15) is 13.2 Å². The molecule has 0 aliphatic carbocycles. The molecule has 0 bridgehead atoms. The first-order valence-corrected chi connectivity index (χ1v) is 11.1. The second kappa shape index (κ2) is 8.27. The van der Waals surface area contributed by atoms with Crippen LogP contribution in [0.15, 0.2) is 74.6 Å². The number of benzene rings is 2. The molecule has 1 N–H and O–H groups in total. The SMILES string of the molecule is CCCN1C(c2ccc(OC)cc2)=NS(=O)(=O)c2cc(NC(=O)c3ccco3)ccc21. The van der Waals surface area contributed by atoms with Crippen LogP contribution in [-0.4, -0.2) is 33.8 Å². The van der Waals surface area contributed by atoms with Gasteiger partial charge in [-0.1, -0.05) is 6.92 Å². The van der Waals surface area contributed by atoms with Crippen LogP contribution in [0.5, 0.6) is 5.75 Å². The molecular weight excluding hydrogens is 418 g/mol. The van der Waals surface area contributed by atoms with Crippen molar-refractivity contribution in [1.82, 2.24) is 0 Å². The zero-order chi connectivity index (χ0) is 22.0. The zero-order valence-electron chi connectivity index (χ0n) is 17.0. The largest absolute Gasteiger partial charge is 0.497 e. The van der Waals surface area contributed by atoms with Gasteiger partial charge in [-0.3, -0.25) is 4.79 Å². The molecule has 0 saturated heterocycles. The Bertz CT molecular complexity index is 1230. The van der Waals surface area contributed by atoms with Crippen LogP contribution in [0, 0.1) is 0 Å². The molecule has 0 spiro atoms. The lowest BCUT2D eigenvalue weighted by molar-refractivity contribution is 0.0996. The summed E-state index contributed by atoms with van der Waals surface area (Å²) in [6.45, 7) is 2.58. The third kappa shape index (κ3) is 4.04. The summed E-state index contributed by atoms with van der Waals surface area (Å²) in [5, 5.41) is 2.66. The van der Waals surface area contributed by atoms with Gasteiger partial charge in [-0.05, 0) is 61.0 Å². The van der Waals surface area contributed by atoms with Crippen molar-refractivity contribution in [3.63, 3.8) is 0 Å². The van der Waals surface area contributed by atoms with Gasteiger partial charge in [0, 0.05) is 17.8 Å². The van der Waals surface area contributed by atoms with Crippen molar-refractivity contribution < 1.29 is 22.4 Å². The van der Waals surface area contributed by atoms with E-state index in [0.717, 1.165) is 6.42 Å². The van der Waals surface area contributed by atoms with Crippen LogP contribution in [0.25, 0.3) is 0 Å². The second-order valence-electron chi connectivity index (χ2n) is 6.88. The molecule has 9 heteroatoms. The van der Waals surface area contributed by atoms with Gasteiger partial charge in [-0.25, -0.2) is 0 Å². The molecule has 31 heavy (non-hydrogen) atoms. The molecular formula is C22H21N3O5S. The maximum absolute atomic E-state index is 13.0.